The molecule has 15 heteroatoms. The van der Waals surface area contributed by atoms with Crippen molar-refractivity contribution in [1.82, 2.24) is 0 Å². The molecule has 0 amide bonds. The second-order valence-electron chi connectivity index (χ2n) is 18.7. The van der Waals surface area contributed by atoms with Gasteiger partial charge in [0.2, 0.25) is 29.5 Å². The molecule has 0 bridgehead atoms. The van der Waals surface area contributed by atoms with Gasteiger partial charge in [-0.2, -0.15) is 0 Å². The molecule has 0 heterocycles. The van der Waals surface area contributed by atoms with Crippen LogP contribution in [0.3, 0.4) is 0 Å². The summed E-state index contributed by atoms with van der Waals surface area (Å²) in [6.07, 6.45) is 6.20. The molecular weight excluding hydrogens is 1050 g/mol. The summed E-state index contributed by atoms with van der Waals surface area (Å²) >= 11 is 0. The summed E-state index contributed by atoms with van der Waals surface area (Å²) in [6.45, 7) is 10.2. The summed E-state index contributed by atoms with van der Waals surface area (Å²) in [4.78, 5) is 0.579. The minimum absolute atomic E-state index is 0.0529. The summed E-state index contributed by atoms with van der Waals surface area (Å²) in [5.41, 5.74) is 9.66. The second kappa shape index (κ2) is 23.0. The highest BCUT2D eigenvalue weighted by atomic mass is 32.2. The summed E-state index contributed by atoms with van der Waals surface area (Å²) in [5, 5.41) is 0. The molecular formula is C64H55NO11S3. The SMILES string of the molecule is C=CCc1cc(C(C)(C)c2ccc(Oc3ccc(S(=O)(=O)c4ccc(OC)cc4)cc3)c(/C=C/C)c2)ccc1Oc1ccc(S(=O)(=O)c2ccc(Oc3ccc(S(=O)(=O)c4ccc(Oc5cccc(N)c5)cc4)cc3)cc2)cc1. The van der Waals surface area contributed by atoms with Crippen LogP contribution in [0.1, 0.15) is 43.0 Å². The van der Waals surface area contributed by atoms with Crippen molar-refractivity contribution in [3.05, 3.63) is 247 Å². The van der Waals surface area contributed by atoms with Gasteiger partial charge in [-0.15, -0.1) is 6.58 Å². The third-order valence-electron chi connectivity index (χ3n) is 13.0. The van der Waals surface area contributed by atoms with Crippen LogP contribution in [0.15, 0.2) is 254 Å². The van der Waals surface area contributed by atoms with Crippen LogP contribution in [0, 0.1) is 0 Å². The van der Waals surface area contributed by atoms with Crippen LogP contribution in [0.5, 0.6) is 51.7 Å². The van der Waals surface area contributed by atoms with Crippen LogP contribution in [0.4, 0.5) is 5.69 Å². The molecule has 400 valence electrons. The van der Waals surface area contributed by atoms with E-state index in [4.69, 9.17) is 29.4 Å². The fraction of sp³-hybridized carbons (Fsp3) is 0.0938. The van der Waals surface area contributed by atoms with E-state index >= 15 is 0 Å². The third kappa shape index (κ3) is 12.3. The van der Waals surface area contributed by atoms with Crippen LogP contribution in [0.2, 0.25) is 0 Å². The summed E-state index contributed by atoms with van der Waals surface area (Å²) in [6, 6.07) is 55.7. The van der Waals surface area contributed by atoms with Gasteiger partial charge in [0.05, 0.1) is 36.5 Å². The molecule has 0 unspecified atom stereocenters. The van der Waals surface area contributed by atoms with Crippen molar-refractivity contribution in [2.75, 3.05) is 12.8 Å². The lowest BCUT2D eigenvalue weighted by Gasteiger charge is -2.28. The van der Waals surface area contributed by atoms with Crippen LogP contribution in [0.25, 0.3) is 6.08 Å². The number of benzene rings is 9. The van der Waals surface area contributed by atoms with Gasteiger partial charge in [-0.05, 0) is 206 Å². The monoisotopic (exact) mass is 1110 g/mol. The number of sulfone groups is 3. The van der Waals surface area contributed by atoms with Gasteiger partial charge in [-0.3, -0.25) is 0 Å². The van der Waals surface area contributed by atoms with Gasteiger partial charge in [0.1, 0.15) is 51.7 Å². The largest absolute Gasteiger partial charge is 0.497 e. The number of hydrogen-bond acceptors (Lipinski definition) is 12. The predicted molar refractivity (Wildman–Crippen MR) is 306 cm³/mol. The average Bonchev–Trinajstić information content (AvgIpc) is 3.49. The van der Waals surface area contributed by atoms with Crippen molar-refractivity contribution < 1.29 is 48.9 Å². The second-order valence-corrected chi connectivity index (χ2v) is 24.6. The molecule has 0 spiro atoms. The molecule has 0 aliphatic carbocycles. The molecule has 0 saturated carbocycles. The minimum atomic E-state index is -3.93. The van der Waals surface area contributed by atoms with Gasteiger partial charge in [0, 0.05) is 22.7 Å². The van der Waals surface area contributed by atoms with Crippen LogP contribution in [-0.2, 0) is 41.3 Å². The highest BCUT2D eigenvalue weighted by Gasteiger charge is 2.27. The first-order valence-electron chi connectivity index (χ1n) is 24.9. The lowest BCUT2D eigenvalue weighted by atomic mass is 9.77. The van der Waals surface area contributed by atoms with Crippen molar-refractivity contribution >= 4 is 41.3 Å². The van der Waals surface area contributed by atoms with Crippen LogP contribution >= 0.6 is 0 Å². The first kappa shape index (κ1) is 54.9. The number of ether oxygens (including phenoxy) is 5. The van der Waals surface area contributed by atoms with E-state index in [0.717, 1.165) is 22.3 Å². The number of methoxy groups -OCH3 is 1. The van der Waals surface area contributed by atoms with Gasteiger partial charge in [-0.1, -0.05) is 56.3 Å². The zero-order valence-corrected chi connectivity index (χ0v) is 46.0. The van der Waals surface area contributed by atoms with E-state index in [1.54, 1.807) is 78.9 Å². The van der Waals surface area contributed by atoms with E-state index in [-0.39, 0.29) is 29.4 Å². The number of nitrogen functional groups attached to an aromatic ring is 1. The van der Waals surface area contributed by atoms with Crippen molar-refractivity contribution in [2.45, 2.75) is 62.0 Å². The quantitative estimate of drug-likeness (QED) is 0.0566. The average molecular weight is 1110 g/mol. The predicted octanol–water partition coefficient (Wildman–Crippen LogP) is 15.0. The molecule has 12 nitrogen and oxygen atoms in total. The number of allylic oxidation sites excluding steroid dienone is 2. The van der Waals surface area contributed by atoms with Gasteiger partial charge < -0.3 is 29.4 Å². The van der Waals surface area contributed by atoms with E-state index in [0.29, 0.717) is 63.9 Å². The Morgan fingerprint density at radius 3 is 1.20 bits per heavy atom. The maximum Gasteiger partial charge on any atom is 0.206 e. The molecule has 9 aromatic carbocycles. The summed E-state index contributed by atoms with van der Waals surface area (Å²) < 4.78 is 111. The van der Waals surface area contributed by atoms with E-state index in [9.17, 15) is 25.3 Å². The third-order valence-corrected chi connectivity index (χ3v) is 18.4. The molecule has 0 saturated heterocycles. The van der Waals surface area contributed by atoms with E-state index in [2.05, 4.69) is 32.6 Å². The smallest absolute Gasteiger partial charge is 0.206 e. The van der Waals surface area contributed by atoms with Crippen LogP contribution < -0.4 is 29.4 Å². The molecule has 79 heavy (non-hydrogen) atoms. The van der Waals surface area contributed by atoms with E-state index < -0.39 is 34.9 Å². The number of nitrogens with two attached hydrogens (primary N) is 1. The molecule has 0 aliphatic heterocycles. The molecule has 2 N–H and O–H groups in total. The van der Waals surface area contributed by atoms with Crippen LogP contribution in [-0.4, -0.2) is 32.4 Å². The van der Waals surface area contributed by atoms with Gasteiger partial charge >= 0.3 is 0 Å². The van der Waals surface area contributed by atoms with Crippen molar-refractivity contribution in [1.29, 1.82) is 0 Å². The number of hydrogen-bond donors (Lipinski definition) is 1. The zero-order valence-electron chi connectivity index (χ0n) is 43.6. The lowest BCUT2D eigenvalue weighted by Crippen LogP contribution is -2.19. The normalized spacial score (nSPS) is 11.9. The van der Waals surface area contributed by atoms with E-state index in [1.807, 2.05) is 43.3 Å². The minimum Gasteiger partial charge on any atom is -0.497 e. The molecule has 0 aliphatic rings. The summed E-state index contributed by atoms with van der Waals surface area (Å²) in [5.74, 6) is 4.36. The first-order valence-corrected chi connectivity index (χ1v) is 29.3. The van der Waals surface area contributed by atoms with Crippen molar-refractivity contribution in [3.63, 3.8) is 0 Å². The molecule has 0 fully saturated rings. The van der Waals surface area contributed by atoms with Gasteiger partial charge in [-0.25, -0.2) is 25.3 Å². The van der Waals surface area contributed by atoms with Crippen molar-refractivity contribution in [3.8, 4) is 51.7 Å². The first-order chi connectivity index (χ1) is 37.9. The molecule has 9 aromatic rings. The fourth-order valence-corrected chi connectivity index (χ4v) is 12.4. The maximum atomic E-state index is 13.8. The number of anilines is 1. The topological polar surface area (TPSA) is 175 Å². The molecule has 0 aromatic heterocycles. The Morgan fingerprint density at radius 1 is 0.443 bits per heavy atom. The Labute approximate surface area is 461 Å². The zero-order chi connectivity index (χ0) is 56.0. The Kier molecular flexibility index (Phi) is 16.0. The highest BCUT2D eigenvalue weighted by Crippen LogP contribution is 2.40. The maximum absolute atomic E-state index is 13.8. The molecule has 0 radical (unpaired) electrons. The summed E-state index contributed by atoms with van der Waals surface area (Å²) in [7, 11) is -10.0. The van der Waals surface area contributed by atoms with E-state index in [1.165, 1.54) is 104 Å². The standard InChI is InChI=1S/C64H55NO11S3/c1-6-9-44-41-46(13-39-62(44)75-53-23-35-60(36-24-53)77(66,67)56-27-15-49(72-5)16-28-56)64(3,4)47-14-40-63(45(42-47)10-7-2)76-54-25-37-61(38-26-54)79(70,71)58-31-19-51(20-32-58)73-50-17-29-57(30-18-50)78(68,69)59-33-21-52(22-34-59)74-55-12-8-11-48(65)43-55/h6-9,11-43H,2,10,65H2,1,3-5H3/b9-6+. The highest BCUT2D eigenvalue weighted by molar-refractivity contribution is 7.92. The Balaban J connectivity index is 0.830. The van der Waals surface area contributed by atoms with Crippen molar-refractivity contribution in [2.24, 2.45) is 0 Å². The Morgan fingerprint density at radius 2 is 0.810 bits per heavy atom. The number of rotatable bonds is 20. The Bertz CT molecular complexity index is 4030. The lowest BCUT2D eigenvalue weighted by molar-refractivity contribution is 0.414. The Hall–Kier alpha value is -8.89. The van der Waals surface area contributed by atoms with Gasteiger partial charge in [0.25, 0.3) is 0 Å². The molecule has 9 rings (SSSR count). The molecule has 0 atom stereocenters. The fourth-order valence-electron chi connectivity index (χ4n) is 8.59. The van der Waals surface area contributed by atoms with Gasteiger partial charge in [0.15, 0.2) is 0 Å².